The molecule has 1 aromatic carbocycles. The van der Waals surface area contributed by atoms with Crippen LogP contribution in [0, 0.1) is 0 Å². The molecule has 0 radical (unpaired) electrons. The molecule has 1 aromatic rings. The lowest BCUT2D eigenvalue weighted by Crippen LogP contribution is -2.07. The van der Waals surface area contributed by atoms with Crippen molar-refractivity contribution in [1.82, 2.24) is 0 Å². The molecule has 0 fully saturated rings. The predicted molar refractivity (Wildman–Crippen MR) is 56.1 cm³/mol. The first-order chi connectivity index (χ1) is 7.59. The van der Waals surface area contributed by atoms with Crippen molar-refractivity contribution in [3.63, 3.8) is 0 Å². The van der Waals surface area contributed by atoms with Crippen LogP contribution in [0.1, 0.15) is 11.1 Å². The first-order valence-electron chi connectivity index (χ1n) is 4.29. The van der Waals surface area contributed by atoms with Gasteiger partial charge in [0.2, 0.25) is 0 Å². The van der Waals surface area contributed by atoms with Crippen molar-refractivity contribution >= 4 is 21.7 Å². The minimum absolute atomic E-state index is 0.0154. The van der Waals surface area contributed by atoms with Crippen molar-refractivity contribution in [2.45, 2.75) is 12.8 Å². The van der Waals surface area contributed by atoms with Crippen LogP contribution in [0.4, 0.5) is 13.2 Å². The van der Waals surface area contributed by atoms with Gasteiger partial charge in [-0.1, -0.05) is 11.6 Å². The number of alkyl halides is 3. The van der Waals surface area contributed by atoms with Crippen LogP contribution in [0.5, 0.6) is 0 Å². The third-order valence-electron chi connectivity index (χ3n) is 1.80. The molecule has 3 nitrogen and oxygen atoms in total. The number of rotatable bonds is 3. The van der Waals surface area contributed by atoms with E-state index in [-0.39, 0.29) is 10.6 Å². The van der Waals surface area contributed by atoms with E-state index in [2.05, 4.69) is 4.18 Å². The van der Waals surface area contributed by atoms with Crippen molar-refractivity contribution in [1.29, 1.82) is 0 Å². The lowest BCUT2D eigenvalue weighted by Gasteiger charge is -2.10. The Kier molecular flexibility index (Phi) is 4.06. The summed E-state index contributed by atoms with van der Waals surface area (Å²) < 4.78 is 62.9. The Morgan fingerprint density at radius 2 is 1.94 bits per heavy atom. The Labute approximate surface area is 101 Å². The van der Waals surface area contributed by atoms with Gasteiger partial charge in [0.15, 0.2) is 0 Å². The standard InChI is InChI=1S/C9H8ClF3O3S/c1-17(14,15)16-5-6-4-7(9(11,12)13)2-3-8(6)10/h2-4H,5H2,1H3. The average Bonchev–Trinajstić information content (AvgIpc) is 2.13. The van der Waals surface area contributed by atoms with Gasteiger partial charge in [0.1, 0.15) is 0 Å². The highest BCUT2D eigenvalue weighted by atomic mass is 35.5. The second kappa shape index (κ2) is 4.83. The van der Waals surface area contributed by atoms with Crippen LogP contribution < -0.4 is 0 Å². The molecule has 0 aliphatic rings. The van der Waals surface area contributed by atoms with E-state index in [0.717, 1.165) is 24.5 Å². The summed E-state index contributed by atoms with van der Waals surface area (Å²) in [7, 11) is -3.73. The van der Waals surface area contributed by atoms with Crippen molar-refractivity contribution in [2.24, 2.45) is 0 Å². The molecule has 1 rings (SSSR count). The Morgan fingerprint density at radius 3 is 2.41 bits per heavy atom. The quantitative estimate of drug-likeness (QED) is 0.803. The minimum atomic E-state index is -4.51. The number of hydrogen-bond donors (Lipinski definition) is 0. The Morgan fingerprint density at radius 1 is 1.35 bits per heavy atom. The normalized spacial score (nSPS) is 12.8. The molecule has 0 aromatic heterocycles. The van der Waals surface area contributed by atoms with Gasteiger partial charge in [-0.25, -0.2) is 0 Å². The van der Waals surface area contributed by atoms with Gasteiger partial charge >= 0.3 is 6.18 Å². The summed E-state index contributed by atoms with van der Waals surface area (Å²) in [6.07, 6.45) is -3.71. The number of hydrogen-bond acceptors (Lipinski definition) is 3. The third kappa shape index (κ3) is 4.53. The SMILES string of the molecule is CS(=O)(=O)OCc1cc(C(F)(F)F)ccc1Cl. The Hall–Kier alpha value is -0.790. The second-order valence-corrected chi connectivity index (χ2v) is 5.32. The van der Waals surface area contributed by atoms with Crippen LogP contribution in [-0.4, -0.2) is 14.7 Å². The predicted octanol–water partition coefficient (Wildman–Crippen LogP) is 2.84. The molecule has 0 aliphatic carbocycles. The van der Waals surface area contributed by atoms with Gasteiger partial charge in [-0.05, 0) is 23.8 Å². The van der Waals surface area contributed by atoms with Gasteiger partial charge in [-0.2, -0.15) is 21.6 Å². The van der Waals surface area contributed by atoms with Gasteiger partial charge in [-0.15, -0.1) is 0 Å². The zero-order chi connectivity index (χ0) is 13.3. The molecule has 17 heavy (non-hydrogen) atoms. The fourth-order valence-electron chi connectivity index (χ4n) is 1.03. The summed E-state index contributed by atoms with van der Waals surface area (Å²) in [6.45, 7) is -0.526. The van der Waals surface area contributed by atoms with E-state index >= 15 is 0 Å². The van der Waals surface area contributed by atoms with E-state index in [1.54, 1.807) is 0 Å². The summed E-state index contributed by atoms with van der Waals surface area (Å²) >= 11 is 5.63. The van der Waals surface area contributed by atoms with Gasteiger partial charge in [-0.3, -0.25) is 4.18 Å². The van der Waals surface area contributed by atoms with Crippen molar-refractivity contribution in [3.8, 4) is 0 Å². The maximum Gasteiger partial charge on any atom is 0.416 e. The average molecular weight is 289 g/mol. The molecule has 0 spiro atoms. The van der Waals surface area contributed by atoms with E-state index < -0.39 is 28.5 Å². The molecule has 0 heterocycles. The van der Waals surface area contributed by atoms with E-state index in [1.807, 2.05) is 0 Å². The molecule has 8 heteroatoms. The Bertz CT molecular complexity index is 511. The minimum Gasteiger partial charge on any atom is -0.265 e. The van der Waals surface area contributed by atoms with Gasteiger partial charge in [0.05, 0.1) is 18.4 Å². The number of halogens is 4. The van der Waals surface area contributed by atoms with Crippen LogP contribution in [0.25, 0.3) is 0 Å². The Balaban J connectivity index is 3.00. The van der Waals surface area contributed by atoms with Crippen LogP contribution >= 0.6 is 11.6 Å². The first kappa shape index (κ1) is 14.3. The number of benzene rings is 1. The van der Waals surface area contributed by atoms with Crippen molar-refractivity contribution in [2.75, 3.05) is 6.26 Å². The van der Waals surface area contributed by atoms with Crippen molar-refractivity contribution in [3.05, 3.63) is 34.3 Å². The van der Waals surface area contributed by atoms with E-state index in [9.17, 15) is 21.6 Å². The zero-order valence-electron chi connectivity index (χ0n) is 8.58. The molecule has 96 valence electrons. The highest BCUT2D eigenvalue weighted by Gasteiger charge is 2.30. The van der Waals surface area contributed by atoms with Gasteiger partial charge in [0.25, 0.3) is 10.1 Å². The molecular formula is C9H8ClF3O3S. The zero-order valence-corrected chi connectivity index (χ0v) is 10.2. The summed E-state index contributed by atoms with van der Waals surface area (Å²) in [6, 6.07) is 2.62. The molecule has 0 amide bonds. The van der Waals surface area contributed by atoms with Crippen LogP contribution in [-0.2, 0) is 27.1 Å². The fraction of sp³-hybridized carbons (Fsp3) is 0.333. The van der Waals surface area contributed by atoms with E-state index in [1.165, 1.54) is 0 Å². The highest BCUT2D eigenvalue weighted by molar-refractivity contribution is 7.85. The maximum atomic E-state index is 12.4. The molecule has 0 bridgehead atoms. The summed E-state index contributed by atoms with van der Waals surface area (Å²) in [4.78, 5) is 0. The molecular weight excluding hydrogens is 281 g/mol. The van der Waals surface area contributed by atoms with Crippen LogP contribution in [0.15, 0.2) is 18.2 Å². The molecule has 0 saturated carbocycles. The van der Waals surface area contributed by atoms with Crippen LogP contribution in [0.2, 0.25) is 5.02 Å². The van der Waals surface area contributed by atoms with E-state index in [4.69, 9.17) is 11.6 Å². The second-order valence-electron chi connectivity index (χ2n) is 3.27. The largest absolute Gasteiger partial charge is 0.416 e. The third-order valence-corrected chi connectivity index (χ3v) is 2.72. The van der Waals surface area contributed by atoms with Crippen molar-refractivity contribution < 1.29 is 25.8 Å². The molecule has 0 atom stereocenters. The van der Waals surface area contributed by atoms with Crippen LogP contribution in [0.3, 0.4) is 0 Å². The summed E-state index contributed by atoms with van der Waals surface area (Å²) in [5.41, 5.74) is -0.944. The molecule has 0 aliphatic heterocycles. The van der Waals surface area contributed by atoms with E-state index in [0.29, 0.717) is 0 Å². The topological polar surface area (TPSA) is 43.4 Å². The molecule has 0 saturated heterocycles. The summed E-state index contributed by atoms with van der Waals surface area (Å²) in [5, 5.41) is 0.0154. The monoisotopic (exact) mass is 288 g/mol. The highest BCUT2D eigenvalue weighted by Crippen LogP contribution is 2.32. The smallest absolute Gasteiger partial charge is 0.265 e. The lowest BCUT2D eigenvalue weighted by atomic mass is 10.1. The fourth-order valence-corrected chi connectivity index (χ4v) is 1.55. The molecule has 0 N–H and O–H groups in total. The maximum absolute atomic E-state index is 12.4. The first-order valence-corrected chi connectivity index (χ1v) is 6.49. The van der Waals surface area contributed by atoms with Gasteiger partial charge in [0, 0.05) is 5.02 Å². The lowest BCUT2D eigenvalue weighted by molar-refractivity contribution is -0.137. The summed E-state index contributed by atoms with van der Waals surface area (Å²) in [5.74, 6) is 0. The van der Waals surface area contributed by atoms with Gasteiger partial charge < -0.3 is 0 Å². The molecule has 0 unspecified atom stereocenters.